The monoisotopic (exact) mass is 367 g/mol. The topological polar surface area (TPSA) is 67.9 Å². The van der Waals surface area contributed by atoms with Crippen LogP contribution >= 0.6 is 11.3 Å². The third-order valence-electron chi connectivity index (χ3n) is 4.10. The minimum Gasteiger partial charge on any atom is -0.464 e. The molecule has 0 fully saturated rings. The van der Waals surface area contributed by atoms with Gasteiger partial charge in [-0.1, -0.05) is 30.3 Å². The lowest BCUT2D eigenvalue weighted by atomic mass is 10.1. The number of carbonyl (C=O) groups is 1. The Morgan fingerprint density at radius 2 is 2.04 bits per heavy atom. The zero-order chi connectivity index (χ0) is 18.3. The second-order valence-corrected chi connectivity index (χ2v) is 6.77. The van der Waals surface area contributed by atoms with Gasteiger partial charge in [-0.05, 0) is 30.2 Å². The van der Waals surface area contributed by atoms with Crippen LogP contribution in [0, 0.1) is 12.7 Å². The van der Waals surface area contributed by atoms with Gasteiger partial charge in [0.2, 0.25) is 0 Å². The molecule has 0 amide bonds. The zero-order valence-corrected chi connectivity index (χ0v) is 14.9. The number of halogens is 1. The van der Waals surface area contributed by atoms with Gasteiger partial charge in [-0.25, -0.2) is 14.2 Å². The Kier molecular flexibility index (Phi) is 4.00. The highest BCUT2D eigenvalue weighted by Gasteiger charge is 2.23. The highest BCUT2D eigenvalue weighted by atomic mass is 32.1. The maximum absolute atomic E-state index is 13.7. The fourth-order valence-corrected chi connectivity index (χ4v) is 3.88. The van der Waals surface area contributed by atoms with Crippen molar-refractivity contribution in [1.29, 1.82) is 0 Å². The minimum atomic E-state index is -0.567. The minimum absolute atomic E-state index is 0.155. The number of aromatic amines is 1. The normalized spacial score (nSPS) is 11.0. The number of fused-ring (bicyclic) bond motifs is 1. The molecule has 2 heterocycles. The molecule has 0 saturated carbocycles. The van der Waals surface area contributed by atoms with E-state index in [-0.39, 0.29) is 11.5 Å². The number of methoxy groups -OCH3 is 1. The molecule has 0 radical (unpaired) electrons. The summed E-state index contributed by atoms with van der Waals surface area (Å²) in [4.78, 5) is 17.2. The molecular weight excluding hydrogens is 353 g/mol. The predicted octanol–water partition coefficient (Wildman–Crippen LogP) is 4.59. The van der Waals surface area contributed by atoms with Gasteiger partial charge in [0.1, 0.15) is 16.5 Å². The van der Waals surface area contributed by atoms with E-state index >= 15 is 0 Å². The molecule has 1 N–H and O–H groups in total. The van der Waals surface area contributed by atoms with E-state index in [1.807, 2.05) is 25.1 Å². The molecule has 2 aromatic heterocycles. The van der Waals surface area contributed by atoms with E-state index in [9.17, 15) is 9.18 Å². The number of nitrogens with one attached hydrogen (secondary N) is 1. The lowest BCUT2D eigenvalue weighted by molar-refractivity contribution is 0.0596. The molecule has 7 heteroatoms. The summed E-state index contributed by atoms with van der Waals surface area (Å²) < 4.78 is 18.5. The Labute approximate surface area is 152 Å². The quantitative estimate of drug-likeness (QED) is 0.538. The summed E-state index contributed by atoms with van der Waals surface area (Å²) in [7, 11) is 1.30. The number of hydrogen-bond donors (Lipinski definition) is 1. The molecular formula is C19H14FN3O2S. The van der Waals surface area contributed by atoms with Gasteiger partial charge in [0, 0.05) is 5.39 Å². The molecule has 0 aliphatic carbocycles. The Morgan fingerprint density at radius 1 is 1.23 bits per heavy atom. The molecule has 5 nitrogen and oxygen atoms in total. The number of aryl methyl sites for hydroxylation is 1. The fourth-order valence-electron chi connectivity index (χ4n) is 2.83. The van der Waals surface area contributed by atoms with Crippen molar-refractivity contribution >= 4 is 28.2 Å². The first kappa shape index (κ1) is 16.4. The maximum Gasteiger partial charge on any atom is 0.358 e. The van der Waals surface area contributed by atoms with Crippen LogP contribution in [0.1, 0.15) is 16.1 Å². The third kappa shape index (κ3) is 2.66. The van der Waals surface area contributed by atoms with Gasteiger partial charge in [0.05, 0.1) is 17.5 Å². The number of carbonyl (C=O) groups excluding carboxylic acids is 1. The first-order valence-corrected chi connectivity index (χ1v) is 8.69. The number of nitrogens with zero attached hydrogens (tertiary/aromatic N) is 2. The number of thiazole rings is 1. The van der Waals surface area contributed by atoms with Crippen molar-refractivity contribution in [2.24, 2.45) is 0 Å². The van der Waals surface area contributed by atoms with Crippen LogP contribution in [0.2, 0.25) is 0 Å². The Hall–Kier alpha value is -3.06. The fraction of sp³-hybridized carbons (Fsp3) is 0.105. The number of para-hydroxylation sites is 1. The van der Waals surface area contributed by atoms with Crippen molar-refractivity contribution < 1.29 is 13.9 Å². The summed E-state index contributed by atoms with van der Waals surface area (Å²) in [6.07, 6.45) is 0. The lowest BCUT2D eigenvalue weighted by Crippen LogP contribution is -2.03. The standard InChI is InChI=1S/C19H14FN3O2S/c1-10-5-3-8-13-14(10)22-23-15(13)18-21-16(19(24)25-2)17(26-18)11-6-4-7-12(20)9-11/h3-9H,1-2H3,(H,22,23). The van der Waals surface area contributed by atoms with Gasteiger partial charge in [-0.2, -0.15) is 5.10 Å². The van der Waals surface area contributed by atoms with Crippen LogP contribution in [0.5, 0.6) is 0 Å². The van der Waals surface area contributed by atoms with Crippen LogP contribution in [-0.2, 0) is 4.74 Å². The van der Waals surface area contributed by atoms with Gasteiger partial charge in [-0.3, -0.25) is 5.10 Å². The zero-order valence-electron chi connectivity index (χ0n) is 14.0. The van der Waals surface area contributed by atoms with Crippen molar-refractivity contribution in [2.75, 3.05) is 7.11 Å². The van der Waals surface area contributed by atoms with Crippen LogP contribution in [0.3, 0.4) is 0 Å². The highest BCUT2D eigenvalue weighted by molar-refractivity contribution is 7.18. The number of benzene rings is 2. The predicted molar refractivity (Wildman–Crippen MR) is 98.7 cm³/mol. The molecule has 0 atom stereocenters. The molecule has 4 rings (SSSR count). The van der Waals surface area contributed by atoms with Gasteiger partial charge in [-0.15, -0.1) is 11.3 Å². The molecule has 2 aromatic carbocycles. The number of aromatic nitrogens is 3. The first-order chi connectivity index (χ1) is 12.6. The van der Waals surface area contributed by atoms with E-state index in [2.05, 4.69) is 15.2 Å². The summed E-state index contributed by atoms with van der Waals surface area (Å²) in [6, 6.07) is 11.9. The van der Waals surface area contributed by atoms with Gasteiger partial charge >= 0.3 is 5.97 Å². The summed E-state index contributed by atoms with van der Waals surface area (Å²) in [5, 5.41) is 8.88. The molecule has 0 aliphatic rings. The summed E-state index contributed by atoms with van der Waals surface area (Å²) >= 11 is 1.28. The van der Waals surface area contributed by atoms with Crippen LogP contribution < -0.4 is 0 Å². The van der Waals surface area contributed by atoms with Crippen molar-refractivity contribution in [3.8, 4) is 21.1 Å². The van der Waals surface area contributed by atoms with Gasteiger partial charge in [0.25, 0.3) is 0 Å². The lowest BCUT2D eigenvalue weighted by Gasteiger charge is -2.00. The molecule has 0 aliphatic heterocycles. The van der Waals surface area contributed by atoms with Crippen LogP contribution in [0.15, 0.2) is 42.5 Å². The molecule has 0 bridgehead atoms. The van der Waals surface area contributed by atoms with Crippen LogP contribution in [0.25, 0.3) is 32.0 Å². The van der Waals surface area contributed by atoms with Crippen molar-refractivity contribution in [3.05, 3.63) is 59.5 Å². The summed E-state index contributed by atoms with van der Waals surface area (Å²) in [6.45, 7) is 1.99. The summed E-state index contributed by atoms with van der Waals surface area (Å²) in [5.74, 6) is -0.947. The van der Waals surface area contributed by atoms with Crippen LogP contribution in [0.4, 0.5) is 4.39 Å². The number of H-pyrrole nitrogens is 1. The largest absolute Gasteiger partial charge is 0.464 e. The Morgan fingerprint density at radius 3 is 2.81 bits per heavy atom. The molecule has 130 valence electrons. The Bertz CT molecular complexity index is 1130. The molecule has 0 spiro atoms. The van der Waals surface area contributed by atoms with Crippen molar-refractivity contribution in [3.63, 3.8) is 0 Å². The van der Waals surface area contributed by atoms with E-state index in [0.717, 1.165) is 16.5 Å². The average molecular weight is 367 g/mol. The van der Waals surface area contributed by atoms with Gasteiger partial charge < -0.3 is 4.74 Å². The number of rotatable bonds is 3. The second-order valence-electron chi connectivity index (χ2n) is 5.77. The van der Waals surface area contributed by atoms with Crippen LogP contribution in [-0.4, -0.2) is 28.3 Å². The van der Waals surface area contributed by atoms with E-state index in [1.165, 1.54) is 30.6 Å². The Balaban J connectivity index is 1.93. The second kappa shape index (κ2) is 6.34. The number of hydrogen-bond acceptors (Lipinski definition) is 5. The highest BCUT2D eigenvalue weighted by Crippen LogP contribution is 2.38. The first-order valence-electron chi connectivity index (χ1n) is 7.87. The van der Waals surface area contributed by atoms with Crippen molar-refractivity contribution in [1.82, 2.24) is 15.2 Å². The van der Waals surface area contributed by atoms with Gasteiger partial charge in [0.15, 0.2) is 5.69 Å². The molecule has 26 heavy (non-hydrogen) atoms. The molecule has 0 unspecified atom stereocenters. The van der Waals surface area contributed by atoms with Crippen molar-refractivity contribution in [2.45, 2.75) is 6.92 Å². The SMILES string of the molecule is COC(=O)c1nc(-c2n[nH]c3c(C)cccc23)sc1-c1cccc(F)c1. The number of ether oxygens (including phenoxy) is 1. The average Bonchev–Trinajstić information content (AvgIpc) is 3.26. The third-order valence-corrected chi connectivity index (χ3v) is 5.21. The number of esters is 1. The van der Waals surface area contributed by atoms with E-state index in [4.69, 9.17) is 4.74 Å². The van der Waals surface area contributed by atoms with E-state index in [1.54, 1.807) is 12.1 Å². The summed E-state index contributed by atoms with van der Waals surface area (Å²) in [5.41, 5.74) is 3.37. The maximum atomic E-state index is 13.7. The van der Waals surface area contributed by atoms with E-state index in [0.29, 0.717) is 21.1 Å². The van der Waals surface area contributed by atoms with E-state index < -0.39 is 5.97 Å². The molecule has 0 saturated heterocycles. The smallest absolute Gasteiger partial charge is 0.358 e. The molecule has 4 aromatic rings.